The molecule has 1 saturated carbocycles. The highest BCUT2D eigenvalue weighted by molar-refractivity contribution is 7.86. The fraction of sp³-hybridized carbons (Fsp3) is 0.857. The van der Waals surface area contributed by atoms with Gasteiger partial charge in [0.15, 0.2) is 0 Å². The van der Waals surface area contributed by atoms with E-state index in [0.717, 1.165) is 25.4 Å². The molecule has 0 atom stereocenters. The molecule has 0 amide bonds. The van der Waals surface area contributed by atoms with Crippen LogP contribution < -0.4 is 5.32 Å². The van der Waals surface area contributed by atoms with Gasteiger partial charge < -0.3 is 5.32 Å². The third kappa shape index (κ3) is 3.95. The van der Waals surface area contributed by atoms with E-state index in [-0.39, 0.29) is 6.54 Å². The van der Waals surface area contributed by atoms with E-state index in [9.17, 15) is 8.42 Å². The van der Waals surface area contributed by atoms with Crippen LogP contribution in [0.1, 0.15) is 32.6 Å². The highest BCUT2D eigenvalue weighted by Gasteiger charge is 2.32. The zero-order valence-corrected chi connectivity index (χ0v) is 13.0. The summed E-state index contributed by atoms with van der Waals surface area (Å²) in [6.45, 7) is 4.65. The molecule has 0 aromatic carbocycles. The molecule has 114 valence electrons. The smallest absolute Gasteiger partial charge is 0.282 e. The summed E-state index contributed by atoms with van der Waals surface area (Å²) >= 11 is 0. The van der Waals surface area contributed by atoms with Crippen LogP contribution in [0.4, 0.5) is 0 Å². The second-order valence-electron chi connectivity index (χ2n) is 5.66. The molecule has 0 spiro atoms. The van der Waals surface area contributed by atoms with Crippen LogP contribution in [-0.2, 0) is 10.2 Å². The summed E-state index contributed by atoms with van der Waals surface area (Å²) in [4.78, 5) is 0. The lowest BCUT2D eigenvalue weighted by molar-refractivity contribution is 0.252. The van der Waals surface area contributed by atoms with Gasteiger partial charge in [0.05, 0.1) is 6.54 Å². The Bertz CT molecular complexity index is 446. The molecule has 0 unspecified atom stereocenters. The van der Waals surface area contributed by atoms with Gasteiger partial charge in [-0.25, -0.2) is 0 Å². The molecule has 2 fully saturated rings. The predicted octanol–water partition coefficient (Wildman–Crippen LogP) is 0.650. The van der Waals surface area contributed by atoms with E-state index < -0.39 is 10.2 Å². The predicted molar refractivity (Wildman–Crippen MR) is 80.3 cm³/mol. The van der Waals surface area contributed by atoms with Crippen LogP contribution in [0, 0.1) is 18.3 Å². The Morgan fingerprint density at radius 1 is 1.30 bits per heavy atom. The van der Waals surface area contributed by atoms with Crippen molar-refractivity contribution in [3.05, 3.63) is 0 Å². The van der Waals surface area contributed by atoms with E-state index >= 15 is 0 Å². The van der Waals surface area contributed by atoms with E-state index in [0.29, 0.717) is 25.6 Å². The van der Waals surface area contributed by atoms with Crippen molar-refractivity contribution in [3.8, 4) is 12.3 Å². The van der Waals surface area contributed by atoms with Crippen molar-refractivity contribution < 1.29 is 8.42 Å². The monoisotopic (exact) mass is 299 g/mol. The van der Waals surface area contributed by atoms with Crippen LogP contribution in [0.25, 0.3) is 0 Å². The molecule has 0 aromatic rings. The van der Waals surface area contributed by atoms with E-state index in [4.69, 9.17) is 6.42 Å². The molecule has 2 rings (SSSR count). The SMILES string of the molecule is C#CCN(CC)S(=O)(=O)N1CCC(CNC2CC2)CC1. The largest absolute Gasteiger partial charge is 0.314 e. The molecule has 1 aliphatic carbocycles. The van der Waals surface area contributed by atoms with Gasteiger partial charge in [0.2, 0.25) is 0 Å². The minimum absolute atomic E-state index is 0.155. The number of hydrogen-bond acceptors (Lipinski definition) is 3. The maximum absolute atomic E-state index is 12.4. The molecule has 1 saturated heterocycles. The van der Waals surface area contributed by atoms with Crippen molar-refractivity contribution >= 4 is 10.2 Å². The van der Waals surface area contributed by atoms with Crippen molar-refractivity contribution in [3.63, 3.8) is 0 Å². The van der Waals surface area contributed by atoms with Crippen LogP contribution in [-0.4, -0.2) is 55.8 Å². The maximum atomic E-state index is 12.4. The second-order valence-corrected chi connectivity index (χ2v) is 7.59. The van der Waals surface area contributed by atoms with Gasteiger partial charge in [-0.3, -0.25) is 0 Å². The van der Waals surface area contributed by atoms with Gasteiger partial charge in [-0.05, 0) is 38.1 Å². The first-order chi connectivity index (χ1) is 9.57. The van der Waals surface area contributed by atoms with Gasteiger partial charge in [-0.15, -0.1) is 6.42 Å². The van der Waals surface area contributed by atoms with Gasteiger partial charge in [-0.1, -0.05) is 12.8 Å². The summed E-state index contributed by atoms with van der Waals surface area (Å²) in [5.41, 5.74) is 0. The minimum Gasteiger partial charge on any atom is -0.314 e. The summed E-state index contributed by atoms with van der Waals surface area (Å²) in [6, 6.07) is 0.725. The molecule has 0 aromatic heterocycles. The summed E-state index contributed by atoms with van der Waals surface area (Å²) in [7, 11) is -3.37. The van der Waals surface area contributed by atoms with Gasteiger partial charge >= 0.3 is 0 Å². The fourth-order valence-corrected chi connectivity index (χ4v) is 4.15. The van der Waals surface area contributed by atoms with Crippen molar-refractivity contribution in [2.24, 2.45) is 5.92 Å². The van der Waals surface area contributed by atoms with Gasteiger partial charge in [0.1, 0.15) is 0 Å². The van der Waals surface area contributed by atoms with E-state index in [1.165, 1.54) is 17.1 Å². The number of terminal acetylenes is 1. The van der Waals surface area contributed by atoms with E-state index in [2.05, 4.69) is 11.2 Å². The first kappa shape index (κ1) is 15.8. The molecule has 1 aliphatic heterocycles. The van der Waals surface area contributed by atoms with Crippen LogP contribution >= 0.6 is 0 Å². The highest BCUT2D eigenvalue weighted by atomic mass is 32.2. The number of hydrogen-bond donors (Lipinski definition) is 1. The molecule has 6 heteroatoms. The first-order valence-electron chi connectivity index (χ1n) is 7.50. The molecule has 1 heterocycles. The Balaban J connectivity index is 1.83. The third-order valence-electron chi connectivity index (χ3n) is 4.12. The molecule has 2 aliphatic rings. The van der Waals surface area contributed by atoms with Crippen molar-refractivity contribution in [2.45, 2.75) is 38.6 Å². The van der Waals surface area contributed by atoms with Crippen molar-refractivity contribution in [1.82, 2.24) is 13.9 Å². The van der Waals surface area contributed by atoms with Crippen molar-refractivity contribution in [2.75, 3.05) is 32.7 Å². The average Bonchev–Trinajstić information content (AvgIpc) is 3.27. The third-order valence-corrected chi connectivity index (χ3v) is 6.18. The molecule has 0 bridgehead atoms. The van der Waals surface area contributed by atoms with Gasteiger partial charge in [0, 0.05) is 25.7 Å². The van der Waals surface area contributed by atoms with Gasteiger partial charge in [-0.2, -0.15) is 17.0 Å². The van der Waals surface area contributed by atoms with Crippen LogP contribution in [0.3, 0.4) is 0 Å². The molecule has 0 radical (unpaired) electrons. The summed E-state index contributed by atoms with van der Waals surface area (Å²) < 4.78 is 27.8. The van der Waals surface area contributed by atoms with Crippen LogP contribution in [0.5, 0.6) is 0 Å². The lowest BCUT2D eigenvalue weighted by atomic mass is 9.98. The number of rotatable bonds is 7. The number of piperidine rings is 1. The Labute approximate surface area is 122 Å². The fourth-order valence-electron chi connectivity index (χ4n) is 2.59. The standard InChI is InChI=1S/C14H25N3O2S/c1-3-9-16(4-2)20(18,19)17-10-7-13(8-11-17)12-15-14-5-6-14/h1,13-15H,4-12H2,2H3. The van der Waals surface area contributed by atoms with E-state index in [1.807, 2.05) is 6.92 Å². The quantitative estimate of drug-likeness (QED) is 0.702. The second kappa shape index (κ2) is 6.90. The topological polar surface area (TPSA) is 52.7 Å². The number of nitrogens with zero attached hydrogens (tertiary/aromatic N) is 2. The summed E-state index contributed by atoms with van der Waals surface area (Å²) in [5, 5.41) is 3.53. The lowest BCUT2D eigenvalue weighted by Gasteiger charge is -2.34. The Hall–Kier alpha value is -0.610. The number of nitrogens with one attached hydrogen (secondary N) is 1. The van der Waals surface area contributed by atoms with Crippen LogP contribution in [0.15, 0.2) is 0 Å². The Kier molecular flexibility index (Phi) is 5.44. The highest BCUT2D eigenvalue weighted by Crippen LogP contribution is 2.23. The average molecular weight is 299 g/mol. The summed E-state index contributed by atoms with van der Waals surface area (Å²) in [6.07, 6.45) is 9.71. The first-order valence-corrected chi connectivity index (χ1v) is 8.89. The minimum atomic E-state index is -3.37. The maximum Gasteiger partial charge on any atom is 0.282 e. The molecular weight excluding hydrogens is 274 g/mol. The summed E-state index contributed by atoms with van der Waals surface area (Å²) in [5.74, 6) is 3.02. The Morgan fingerprint density at radius 2 is 1.95 bits per heavy atom. The zero-order valence-electron chi connectivity index (χ0n) is 12.2. The van der Waals surface area contributed by atoms with Gasteiger partial charge in [0.25, 0.3) is 10.2 Å². The molecular formula is C14H25N3O2S. The van der Waals surface area contributed by atoms with Crippen molar-refractivity contribution in [1.29, 1.82) is 0 Å². The normalized spacial score (nSPS) is 22.1. The van der Waals surface area contributed by atoms with Crippen LogP contribution in [0.2, 0.25) is 0 Å². The zero-order chi connectivity index (χ0) is 14.6. The Morgan fingerprint density at radius 3 is 2.45 bits per heavy atom. The molecule has 1 N–H and O–H groups in total. The molecule has 5 nitrogen and oxygen atoms in total. The van der Waals surface area contributed by atoms with E-state index in [1.54, 1.807) is 4.31 Å². The lowest BCUT2D eigenvalue weighted by Crippen LogP contribution is -2.48. The molecule has 20 heavy (non-hydrogen) atoms.